The molecule has 0 N–H and O–H groups in total. The van der Waals surface area contributed by atoms with Gasteiger partial charge in [0.05, 0.1) is 18.3 Å². The first-order valence-electron chi connectivity index (χ1n) is 12.8. The molecule has 2 atom stereocenters. The SMILES string of the molecule is CC[Si](CCOC(C)C)(OC)O[Si](CC)(CCOC(C)C)O[Si](CC)(CCOC(C)C)OC. The van der Waals surface area contributed by atoms with Crippen molar-refractivity contribution in [1.29, 1.82) is 0 Å². The fraction of sp³-hybridized carbons (Fsp3) is 1.00. The zero-order chi connectivity index (χ0) is 25.5. The van der Waals surface area contributed by atoms with Crippen molar-refractivity contribution in [3.05, 3.63) is 0 Å². The molecule has 0 aliphatic heterocycles. The Morgan fingerprint density at radius 3 is 0.970 bits per heavy atom. The molecule has 0 radical (unpaired) electrons. The van der Waals surface area contributed by atoms with Crippen molar-refractivity contribution in [2.24, 2.45) is 0 Å². The molecule has 0 rings (SSSR count). The zero-order valence-electron chi connectivity index (χ0n) is 23.5. The minimum absolute atomic E-state index is 0.165. The summed E-state index contributed by atoms with van der Waals surface area (Å²) in [7, 11) is -4.20. The summed E-state index contributed by atoms with van der Waals surface area (Å²) in [6.07, 6.45) is 0.534. The van der Waals surface area contributed by atoms with E-state index < -0.39 is 25.7 Å². The molecule has 0 aliphatic carbocycles. The van der Waals surface area contributed by atoms with Gasteiger partial charge in [-0.25, -0.2) is 0 Å². The lowest BCUT2D eigenvalue weighted by Gasteiger charge is -2.44. The highest BCUT2D eigenvalue weighted by atomic mass is 28.5. The van der Waals surface area contributed by atoms with E-state index in [-0.39, 0.29) is 18.3 Å². The van der Waals surface area contributed by atoms with E-state index in [1.807, 2.05) is 0 Å². The van der Waals surface area contributed by atoms with Gasteiger partial charge in [-0.1, -0.05) is 20.8 Å². The number of rotatable bonds is 21. The van der Waals surface area contributed by atoms with Crippen molar-refractivity contribution in [3.63, 3.8) is 0 Å². The zero-order valence-corrected chi connectivity index (χ0v) is 26.5. The molecule has 7 nitrogen and oxygen atoms in total. The highest BCUT2D eigenvalue weighted by Crippen LogP contribution is 2.34. The van der Waals surface area contributed by atoms with E-state index >= 15 is 0 Å². The lowest BCUT2D eigenvalue weighted by Crippen LogP contribution is -2.61. The summed E-state index contributed by atoms with van der Waals surface area (Å²) in [5.41, 5.74) is 0. The standard InChI is InChI=1S/C23H54O7Si3/c1-12-31(24-10,18-15-26-21(4)5)29-33(14-3,20-17-28-23(8)9)30-32(13-2,25-11)19-16-27-22(6)7/h21-23H,12-20H2,1-11H3. The van der Waals surface area contributed by atoms with Gasteiger partial charge in [0.25, 0.3) is 0 Å². The molecule has 0 aromatic carbocycles. The van der Waals surface area contributed by atoms with Crippen LogP contribution in [0, 0.1) is 0 Å². The van der Waals surface area contributed by atoms with Crippen molar-refractivity contribution in [3.8, 4) is 0 Å². The second-order valence-corrected chi connectivity index (χ2v) is 20.9. The van der Waals surface area contributed by atoms with Gasteiger partial charge in [-0.3, -0.25) is 0 Å². The van der Waals surface area contributed by atoms with Crippen LogP contribution in [0.3, 0.4) is 0 Å². The number of ether oxygens (including phenoxy) is 3. The van der Waals surface area contributed by atoms with Gasteiger partial charge in [-0.05, 0) is 59.7 Å². The van der Waals surface area contributed by atoms with Crippen molar-refractivity contribution >= 4 is 25.7 Å². The summed E-state index contributed by atoms with van der Waals surface area (Å²) < 4.78 is 44.2. The molecule has 0 aromatic heterocycles. The van der Waals surface area contributed by atoms with Gasteiger partial charge < -0.3 is 31.3 Å². The van der Waals surface area contributed by atoms with Crippen LogP contribution in [0.2, 0.25) is 36.3 Å². The second kappa shape index (κ2) is 16.9. The summed E-state index contributed by atoms with van der Waals surface area (Å²) in [6.45, 7) is 20.7. The summed E-state index contributed by atoms with van der Waals surface area (Å²) in [5.74, 6) is 0. The molecule has 10 heteroatoms. The molecular formula is C23H54O7Si3. The minimum Gasteiger partial charge on any atom is -0.415 e. The van der Waals surface area contributed by atoms with E-state index in [0.717, 1.165) is 36.3 Å². The van der Waals surface area contributed by atoms with Gasteiger partial charge in [0.1, 0.15) is 0 Å². The Labute approximate surface area is 207 Å². The normalized spacial score (nSPS) is 18.0. The van der Waals surface area contributed by atoms with Crippen LogP contribution in [-0.4, -0.2) is 78.0 Å². The smallest absolute Gasteiger partial charge is 0.331 e. The fourth-order valence-electron chi connectivity index (χ4n) is 3.65. The van der Waals surface area contributed by atoms with Crippen molar-refractivity contribution < 1.29 is 31.3 Å². The van der Waals surface area contributed by atoms with Crippen LogP contribution in [-0.2, 0) is 31.3 Å². The Kier molecular flexibility index (Phi) is 17.1. The maximum atomic E-state index is 7.11. The molecule has 0 aliphatic rings. The highest BCUT2D eigenvalue weighted by molar-refractivity contribution is 6.87. The molecule has 0 aromatic rings. The molecule has 0 heterocycles. The fourth-order valence-corrected chi connectivity index (χ4v) is 17.6. The molecule has 33 heavy (non-hydrogen) atoms. The van der Waals surface area contributed by atoms with Gasteiger partial charge in [0.15, 0.2) is 0 Å². The lowest BCUT2D eigenvalue weighted by molar-refractivity contribution is 0.0786. The maximum Gasteiger partial charge on any atom is 0.331 e. The molecule has 2 unspecified atom stereocenters. The van der Waals surface area contributed by atoms with E-state index in [9.17, 15) is 0 Å². The minimum atomic E-state index is -2.71. The maximum absolute atomic E-state index is 7.11. The Bertz CT molecular complexity index is 453. The van der Waals surface area contributed by atoms with E-state index in [2.05, 4.69) is 62.3 Å². The average molecular weight is 527 g/mol. The van der Waals surface area contributed by atoms with Crippen LogP contribution in [0.1, 0.15) is 62.3 Å². The Balaban J connectivity index is 5.91. The van der Waals surface area contributed by atoms with Gasteiger partial charge in [0.2, 0.25) is 0 Å². The average Bonchev–Trinajstić information content (AvgIpc) is 2.76. The van der Waals surface area contributed by atoms with E-state index in [0.29, 0.717) is 19.8 Å². The van der Waals surface area contributed by atoms with Crippen LogP contribution in [0.15, 0.2) is 0 Å². The van der Waals surface area contributed by atoms with Crippen molar-refractivity contribution in [1.82, 2.24) is 0 Å². The molecular weight excluding hydrogens is 473 g/mol. The third-order valence-electron chi connectivity index (χ3n) is 5.91. The second-order valence-electron chi connectivity index (χ2n) is 9.41. The third-order valence-corrected chi connectivity index (χ3v) is 19.5. The Morgan fingerprint density at radius 1 is 0.485 bits per heavy atom. The Morgan fingerprint density at radius 2 is 0.758 bits per heavy atom. The first kappa shape index (κ1) is 33.4. The number of hydrogen-bond donors (Lipinski definition) is 0. The van der Waals surface area contributed by atoms with E-state index in [1.165, 1.54) is 0 Å². The summed E-state index contributed by atoms with van der Waals surface area (Å²) in [5, 5.41) is 0. The molecule has 0 saturated carbocycles. The molecule has 0 fully saturated rings. The van der Waals surface area contributed by atoms with Gasteiger partial charge in [-0.15, -0.1) is 0 Å². The monoisotopic (exact) mass is 526 g/mol. The quantitative estimate of drug-likeness (QED) is 0.171. The van der Waals surface area contributed by atoms with Gasteiger partial charge in [0, 0.05) is 52.2 Å². The number of hydrogen-bond acceptors (Lipinski definition) is 7. The summed E-state index contributed by atoms with van der Waals surface area (Å²) >= 11 is 0. The van der Waals surface area contributed by atoms with Crippen LogP contribution >= 0.6 is 0 Å². The highest BCUT2D eigenvalue weighted by Gasteiger charge is 2.52. The van der Waals surface area contributed by atoms with Gasteiger partial charge in [-0.2, -0.15) is 0 Å². The predicted octanol–water partition coefficient (Wildman–Crippen LogP) is 5.97. The van der Waals surface area contributed by atoms with E-state index in [4.69, 9.17) is 31.3 Å². The molecule has 0 amide bonds. The largest absolute Gasteiger partial charge is 0.415 e. The van der Waals surface area contributed by atoms with E-state index in [1.54, 1.807) is 14.2 Å². The van der Waals surface area contributed by atoms with Crippen LogP contribution < -0.4 is 0 Å². The molecule has 0 bridgehead atoms. The first-order chi connectivity index (χ1) is 15.5. The summed E-state index contributed by atoms with van der Waals surface area (Å²) in [6, 6.07) is 4.84. The topological polar surface area (TPSA) is 64.6 Å². The van der Waals surface area contributed by atoms with Crippen molar-refractivity contribution in [2.45, 2.75) is 117 Å². The van der Waals surface area contributed by atoms with Gasteiger partial charge >= 0.3 is 25.7 Å². The third kappa shape index (κ3) is 12.8. The molecule has 0 spiro atoms. The lowest BCUT2D eigenvalue weighted by atomic mass is 10.5. The molecule has 0 saturated heterocycles. The summed E-state index contributed by atoms with van der Waals surface area (Å²) in [4.78, 5) is 0. The van der Waals surface area contributed by atoms with Crippen molar-refractivity contribution in [2.75, 3.05) is 34.0 Å². The molecule has 200 valence electrons. The van der Waals surface area contributed by atoms with Crippen LogP contribution in [0.4, 0.5) is 0 Å². The predicted molar refractivity (Wildman–Crippen MR) is 143 cm³/mol. The Hall–Kier alpha value is 0.371. The van der Waals surface area contributed by atoms with Crippen LogP contribution in [0.5, 0.6) is 0 Å². The van der Waals surface area contributed by atoms with Crippen LogP contribution in [0.25, 0.3) is 0 Å². The first-order valence-corrected chi connectivity index (χ1v) is 19.5.